The summed E-state index contributed by atoms with van der Waals surface area (Å²) in [6.45, 7) is 2.83. The Morgan fingerprint density at radius 3 is 2.71 bits per heavy atom. The largest absolute Gasteiger partial charge is 0.494 e. The number of nitrogen functional groups attached to an aromatic ring is 1. The Kier molecular flexibility index (Phi) is 5.22. The number of carbonyl (C=O) groups excluding carboxylic acids is 1. The molecule has 110 valence electrons. The number of aromatic nitrogens is 2. The van der Waals surface area contributed by atoms with Gasteiger partial charge in [0.1, 0.15) is 5.75 Å². The van der Waals surface area contributed by atoms with Gasteiger partial charge in [-0.2, -0.15) is 0 Å². The van der Waals surface area contributed by atoms with E-state index in [2.05, 4.69) is 16.9 Å². The molecule has 0 aliphatic carbocycles. The number of ether oxygens (including phenoxy) is 1. The molecule has 0 radical (unpaired) electrons. The van der Waals surface area contributed by atoms with Crippen LogP contribution in [0.5, 0.6) is 5.75 Å². The van der Waals surface area contributed by atoms with Gasteiger partial charge in [0, 0.05) is 11.8 Å². The zero-order valence-corrected chi connectivity index (χ0v) is 11.9. The first-order valence-electron chi connectivity index (χ1n) is 6.82. The van der Waals surface area contributed by atoms with E-state index in [1.807, 2.05) is 29.7 Å². The van der Waals surface area contributed by atoms with Gasteiger partial charge >= 0.3 is 5.91 Å². The second kappa shape index (κ2) is 7.35. The average Bonchev–Trinajstić information content (AvgIpc) is 2.55. The molecule has 0 bridgehead atoms. The average molecular weight is 286 g/mol. The normalized spacial score (nSPS) is 10.2. The van der Waals surface area contributed by atoms with E-state index in [4.69, 9.17) is 10.6 Å². The summed E-state index contributed by atoms with van der Waals surface area (Å²) in [6.07, 6.45) is 3.66. The fraction of sp³-hybridized carbons (Fsp3) is 0.267. The van der Waals surface area contributed by atoms with Gasteiger partial charge in [-0.1, -0.05) is 13.3 Å². The van der Waals surface area contributed by atoms with E-state index in [9.17, 15) is 4.79 Å². The number of carbonyl (C=O) groups is 1. The number of nitrogens with zero attached hydrogens (tertiary/aromatic N) is 2. The molecule has 0 aliphatic heterocycles. The maximum Gasteiger partial charge on any atom is 0.302 e. The van der Waals surface area contributed by atoms with Crippen molar-refractivity contribution in [2.45, 2.75) is 19.8 Å². The van der Waals surface area contributed by atoms with Crippen LogP contribution in [0, 0.1) is 0 Å². The molecule has 2 rings (SSSR count). The lowest BCUT2D eigenvalue weighted by Crippen LogP contribution is -2.31. The zero-order chi connectivity index (χ0) is 15.1. The van der Waals surface area contributed by atoms with Gasteiger partial charge in [0.25, 0.3) is 0 Å². The van der Waals surface area contributed by atoms with Gasteiger partial charge in [0.2, 0.25) is 5.82 Å². The van der Waals surface area contributed by atoms with Gasteiger partial charge in [-0.15, -0.1) is 0 Å². The molecule has 0 aliphatic rings. The minimum absolute atomic E-state index is 0.0401. The highest BCUT2D eigenvalue weighted by atomic mass is 16.5. The molecule has 1 aromatic carbocycles. The Balaban J connectivity index is 2.13. The maximum absolute atomic E-state index is 11.4. The van der Waals surface area contributed by atoms with Crippen molar-refractivity contribution < 1.29 is 9.53 Å². The number of nitrogens with one attached hydrogen (secondary N) is 1. The summed E-state index contributed by atoms with van der Waals surface area (Å²) in [7, 11) is 0. The van der Waals surface area contributed by atoms with Crippen molar-refractivity contribution in [3.05, 3.63) is 42.4 Å². The van der Waals surface area contributed by atoms with E-state index >= 15 is 0 Å². The lowest BCUT2D eigenvalue weighted by Gasteiger charge is -2.07. The first-order chi connectivity index (χ1) is 10.2. The standard InChI is InChI=1S/C15H18N4O2/c1-2-3-10-21-12-6-4-11(5-7-12)13-8-9-17-14(18-13)15(20)19-16/h4-9H,2-3,10,16H2,1H3,(H,19,20). The van der Waals surface area contributed by atoms with Crippen molar-refractivity contribution in [3.63, 3.8) is 0 Å². The number of nitrogens with two attached hydrogens (primary N) is 1. The number of rotatable bonds is 6. The van der Waals surface area contributed by atoms with E-state index < -0.39 is 5.91 Å². The summed E-state index contributed by atoms with van der Waals surface area (Å²) in [6, 6.07) is 9.30. The van der Waals surface area contributed by atoms with Crippen molar-refractivity contribution in [2.75, 3.05) is 6.61 Å². The third-order valence-corrected chi connectivity index (χ3v) is 2.91. The molecular weight excluding hydrogens is 268 g/mol. The topological polar surface area (TPSA) is 90.1 Å². The lowest BCUT2D eigenvalue weighted by atomic mass is 10.1. The minimum Gasteiger partial charge on any atom is -0.494 e. The Morgan fingerprint density at radius 2 is 2.05 bits per heavy atom. The van der Waals surface area contributed by atoms with E-state index in [1.165, 1.54) is 6.20 Å². The molecule has 3 N–H and O–H groups in total. The molecule has 0 spiro atoms. The van der Waals surface area contributed by atoms with Gasteiger partial charge in [-0.25, -0.2) is 15.8 Å². The molecule has 0 unspecified atom stereocenters. The molecule has 6 nitrogen and oxygen atoms in total. The summed E-state index contributed by atoms with van der Waals surface area (Å²) >= 11 is 0. The number of benzene rings is 1. The first kappa shape index (κ1) is 14.9. The smallest absolute Gasteiger partial charge is 0.302 e. The quantitative estimate of drug-likeness (QED) is 0.366. The second-order valence-corrected chi connectivity index (χ2v) is 4.47. The van der Waals surface area contributed by atoms with Crippen molar-refractivity contribution in [3.8, 4) is 17.0 Å². The van der Waals surface area contributed by atoms with E-state index in [0.717, 1.165) is 24.2 Å². The lowest BCUT2D eigenvalue weighted by molar-refractivity contribution is 0.0943. The first-order valence-corrected chi connectivity index (χ1v) is 6.82. The van der Waals surface area contributed by atoms with Crippen LogP contribution in [-0.2, 0) is 0 Å². The summed E-state index contributed by atoms with van der Waals surface area (Å²) in [5.74, 6) is 5.42. The van der Waals surface area contributed by atoms with Gasteiger partial charge in [-0.3, -0.25) is 10.2 Å². The molecule has 0 saturated carbocycles. The van der Waals surface area contributed by atoms with Crippen molar-refractivity contribution in [1.82, 2.24) is 15.4 Å². The van der Waals surface area contributed by atoms with Crippen LogP contribution in [0.4, 0.5) is 0 Å². The second-order valence-electron chi connectivity index (χ2n) is 4.47. The highest BCUT2D eigenvalue weighted by Crippen LogP contribution is 2.20. The van der Waals surface area contributed by atoms with Crippen molar-refractivity contribution in [2.24, 2.45) is 5.84 Å². The highest BCUT2D eigenvalue weighted by molar-refractivity contribution is 5.90. The number of unbranched alkanes of at least 4 members (excludes halogenated alkanes) is 1. The third kappa shape index (κ3) is 4.00. The van der Waals surface area contributed by atoms with Crippen molar-refractivity contribution >= 4 is 5.91 Å². The Hall–Kier alpha value is -2.47. The SMILES string of the molecule is CCCCOc1ccc(-c2ccnc(C(=O)NN)n2)cc1. The molecule has 0 saturated heterocycles. The fourth-order valence-electron chi connectivity index (χ4n) is 1.75. The van der Waals surface area contributed by atoms with Crippen LogP contribution in [0.25, 0.3) is 11.3 Å². The van der Waals surface area contributed by atoms with Crippen LogP contribution < -0.4 is 16.0 Å². The van der Waals surface area contributed by atoms with Gasteiger partial charge in [0.15, 0.2) is 0 Å². The number of hydrazine groups is 1. The van der Waals surface area contributed by atoms with Crippen LogP contribution in [-0.4, -0.2) is 22.5 Å². The Morgan fingerprint density at radius 1 is 1.29 bits per heavy atom. The number of amides is 1. The van der Waals surface area contributed by atoms with Crippen LogP contribution in [0.2, 0.25) is 0 Å². The molecule has 0 atom stereocenters. The molecule has 2 aromatic rings. The van der Waals surface area contributed by atoms with Crippen LogP contribution in [0.3, 0.4) is 0 Å². The molecule has 1 aromatic heterocycles. The summed E-state index contributed by atoms with van der Waals surface area (Å²) < 4.78 is 5.60. The van der Waals surface area contributed by atoms with Gasteiger partial charge in [-0.05, 0) is 36.8 Å². The van der Waals surface area contributed by atoms with Crippen molar-refractivity contribution in [1.29, 1.82) is 0 Å². The number of hydrogen-bond acceptors (Lipinski definition) is 5. The molecule has 1 heterocycles. The predicted molar refractivity (Wildman–Crippen MR) is 79.5 cm³/mol. The number of hydrogen-bond donors (Lipinski definition) is 2. The van der Waals surface area contributed by atoms with Crippen LogP contribution in [0.1, 0.15) is 30.4 Å². The zero-order valence-electron chi connectivity index (χ0n) is 11.9. The highest BCUT2D eigenvalue weighted by Gasteiger charge is 2.09. The molecule has 1 amide bonds. The minimum atomic E-state index is -0.517. The monoisotopic (exact) mass is 286 g/mol. The van der Waals surface area contributed by atoms with E-state index in [1.54, 1.807) is 6.07 Å². The van der Waals surface area contributed by atoms with Crippen LogP contribution in [0.15, 0.2) is 36.5 Å². The molecular formula is C15H18N4O2. The molecule has 0 fully saturated rings. The maximum atomic E-state index is 11.4. The van der Waals surface area contributed by atoms with Crippen LogP contribution >= 0.6 is 0 Å². The molecule has 21 heavy (non-hydrogen) atoms. The fourth-order valence-corrected chi connectivity index (χ4v) is 1.75. The van der Waals surface area contributed by atoms with E-state index in [0.29, 0.717) is 12.3 Å². The Labute approximate surface area is 123 Å². The summed E-state index contributed by atoms with van der Waals surface area (Å²) in [5.41, 5.74) is 3.55. The summed E-state index contributed by atoms with van der Waals surface area (Å²) in [5, 5.41) is 0. The summed E-state index contributed by atoms with van der Waals surface area (Å²) in [4.78, 5) is 19.5. The molecule has 6 heteroatoms. The van der Waals surface area contributed by atoms with Gasteiger partial charge in [0.05, 0.1) is 12.3 Å². The van der Waals surface area contributed by atoms with E-state index in [-0.39, 0.29) is 5.82 Å². The Bertz CT molecular complexity index is 599. The van der Waals surface area contributed by atoms with Gasteiger partial charge < -0.3 is 4.74 Å². The predicted octanol–water partition coefficient (Wildman–Crippen LogP) is 1.93. The third-order valence-electron chi connectivity index (χ3n) is 2.91.